The Hall–Kier alpha value is -2.72. The first kappa shape index (κ1) is 15.8. The van der Waals surface area contributed by atoms with Crippen molar-refractivity contribution in [1.82, 2.24) is 4.98 Å². The second-order valence-electron chi connectivity index (χ2n) is 6.41. The zero-order valence-electron chi connectivity index (χ0n) is 14.4. The van der Waals surface area contributed by atoms with Crippen molar-refractivity contribution in [3.8, 4) is 0 Å². The van der Waals surface area contributed by atoms with Gasteiger partial charge in [0.15, 0.2) is 0 Å². The van der Waals surface area contributed by atoms with Crippen LogP contribution in [0.2, 0.25) is 0 Å². The molecular weight excluding hydrogens is 328 g/mol. The molecular formula is C21H18N2OS. The average Bonchev–Trinajstić information content (AvgIpc) is 2.98. The summed E-state index contributed by atoms with van der Waals surface area (Å²) >= 11 is 1.43. The third kappa shape index (κ3) is 2.89. The number of amides is 1. The number of carbonyl (C=O) groups excluding carboxylic acids is 1. The zero-order chi connectivity index (χ0) is 17.6. The fraction of sp³-hybridized carbons (Fsp3) is 0.143. The van der Waals surface area contributed by atoms with Crippen molar-refractivity contribution in [3.63, 3.8) is 0 Å². The molecule has 2 aromatic heterocycles. The van der Waals surface area contributed by atoms with Crippen LogP contribution >= 0.6 is 11.3 Å². The van der Waals surface area contributed by atoms with Gasteiger partial charge in [-0.15, -0.1) is 11.3 Å². The van der Waals surface area contributed by atoms with Crippen LogP contribution in [-0.4, -0.2) is 10.9 Å². The molecule has 0 saturated heterocycles. The van der Waals surface area contributed by atoms with E-state index in [-0.39, 0.29) is 5.91 Å². The summed E-state index contributed by atoms with van der Waals surface area (Å²) in [5.74, 6) is -0.0814. The molecule has 4 rings (SSSR count). The number of carbonyl (C=O) groups is 1. The Morgan fingerprint density at radius 1 is 0.960 bits per heavy atom. The number of pyridine rings is 1. The lowest BCUT2D eigenvalue weighted by Gasteiger charge is -2.12. The summed E-state index contributed by atoms with van der Waals surface area (Å²) in [6.07, 6.45) is 0. The third-order valence-corrected chi connectivity index (χ3v) is 5.39. The zero-order valence-corrected chi connectivity index (χ0v) is 15.2. The number of hydrogen-bond donors (Lipinski definition) is 1. The molecule has 0 bridgehead atoms. The van der Waals surface area contributed by atoms with E-state index in [1.54, 1.807) is 0 Å². The smallest absolute Gasteiger partial charge is 0.265 e. The SMILES string of the molecule is Cc1cc(C)c(NC(=O)c2cc3cc4ccccc4nc3s2)c(C)c1. The summed E-state index contributed by atoms with van der Waals surface area (Å²) in [6.45, 7) is 6.11. The van der Waals surface area contributed by atoms with E-state index in [0.717, 1.165) is 37.9 Å². The van der Waals surface area contributed by atoms with Gasteiger partial charge >= 0.3 is 0 Å². The van der Waals surface area contributed by atoms with Gasteiger partial charge in [0, 0.05) is 16.5 Å². The number of thiophene rings is 1. The molecule has 0 radical (unpaired) electrons. The molecule has 0 unspecified atom stereocenters. The number of fused-ring (bicyclic) bond motifs is 2. The van der Waals surface area contributed by atoms with E-state index in [2.05, 4.69) is 35.4 Å². The second-order valence-corrected chi connectivity index (χ2v) is 7.44. The number of benzene rings is 2. The van der Waals surface area contributed by atoms with Gasteiger partial charge in [-0.2, -0.15) is 0 Å². The minimum absolute atomic E-state index is 0.0814. The van der Waals surface area contributed by atoms with Crippen LogP contribution in [0.3, 0.4) is 0 Å². The summed E-state index contributed by atoms with van der Waals surface area (Å²) in [5, 5.41) is 5.16. The number of hydrogen-bond acceptors (Lipinski definition) is 3. The van der Waals surface area contributed by atoms with Crippen molar-refractivity contribution in [3.05, 3.63) is 70.1 Å². The molecule has 1 N–H and O–H groups in total. The minimum Gasteiger partial charge on any atom is -0.321 e. The molecule has 2 heterocycles. The molecule has 0 aliphatic carbocycles. The number of rotatable bonds is 2. The molecule has 2 aromatic carbocycles. The van der Waals surface area contributed by atoms with Crippen molar-refractivity contribution in [2.24, 2.45) is 0 Å². The predicted octanol–water partition coefficient (Wildman–Crippen LogP) is 5.63. The summed E-state index contributed by atoms with van der Waals surface area (Å²) in [6, 6.07) is 16.2. The lowest BCUT2D eigenvalue weighted by Crippen LogP contribution is -2.12. The van der Waals surface area contributed by atoms with Crippen LogP contribution in [0.25, 0.3) is 21.1 Å². The van der Waals surface area contributed by atoms with Gasteiger partial charge in [-0.1, -0.05) is 35.9 Å². The number of aromatic nitrogens is 1. The Bertz CT molecular complexity index is 1050. The van der Waals surface area contributed by atoms with Crippen molar-refractivity contribution >= 4 is 44.1 Å². The van der Waals surface area contributed by atoms with Gasteiger partial charge in [-0.05, 0) is 50.1 Å². The van der Waals surface area contributed by atoms with Crippen LogP contribution < -0.4 is 5.32 Å². The van der Waals surface area contributed by atoms with Gasteiger partial charge < -0.3 is 5.32 Å². The highest BCUT2D eigenvalue weighted by Crippen LogP contribution is 2.29. The Morgan fingerprint density at radius 3 is 2.44 bits per heavy atom. The molecule has 0 atom stereocenters. The van der Waals surface area contributed by atoms with Gasteiger partial charge in [-0.3, -0.25) is 4.79 Å². The standard InChI is InChI=1S/C21H18N2OS/c1-12-8-13(2)19(14(3)9-12)23-20(24)18-11-16-10-15-6-4-5-7-17(15)22-21(16)25-18/h4-11H,1-3H3,(H,23,24). The van der Waals surface area contributed by atoms with Crippen molar-refractivity contribution < 1.29 is 4.79 Å². The van der Waals surface area contributed by atoms with Crippen molar-refractivity contribution in [2.75, 3.05) is 5.32 Å². The van der Waals surface area contributed by atoms with Crippen LogP contribution in [0, 0.1) is 20.8 Å². The van der Waals surface area contributed by atoms with Gasteiger partial charge in [0.05, 0.1) is 10.4 Å². The number of para-hydroxylation sites is 1. The van der Waals surface area contributed by atoms with E-state index in [1.165, 1.54) is 16.9 Å². The van der Waals surface area contributed by atoms with Crippen LogP contribution in [0.5, 0.6) is 0 Å². The molecule has 0 aliphatic rings. The summed E-state index contributed by atoms with van der Waals surface area (Å²) in [5.41, 5.74) is 5.21. The molecule has 0 aliphatic heterocycles. The van der Waals surface area contributed by atoms with Gasteiger partial charge in [0.1, 0.15) is 4.83 Å². The molecule has 1 amide bonds. The highest BCUT2D eigenvalue weighted by Gasteiger charge is 2.14. The van der Waals surface area contributed by atoms with Crippen LogP contribution in [0.4, 0.5) is 5.69 Å². The quantitative estimate of drug-likeness (QED) is 0.511. The Labute approximate surface area is 150 Å². The third-order valence-electron chi connectivity index (χ3n) is 4.35. The van der Waals surface area contributed by atoms with Gasteiger partial charge in [-0.25, -0.2) is 4.98 Å². The van der Waals surface area contributed by atoms with E-state index >= 15 is 0 Å². The van der Waals surface area contributed by atoms with Crippen LogP contribution in [-0.2, 0) is 0 Å². The Kier molecular flexibility index (Phi) is 3.77. The van der Waals surface area contributed by atoms with Crippen LogP contribution in [0.15, 0.2) is 48.5 Å². The van der Waals surface area contributed by atoms with Crippen molar-refractivity contribution in [1.29, 1.82) is 0 Å². The molecule has 124 valence electrons. The fourth-order valence-corrected chi connectivity index (χ4v) is 4.16. The first-order valence-corrected chi connectivity index (χ1v) is 9.01. The minimum atomic E-state index is -0.0814. The molecule has 4 heteroatoms. The first-order valence-electron chi connectivity index (χ1n) is 8.20. The molecule has 25 heavy (non-hydrogen) atoms. The largest absolute Gasteiger partial charge is 0.321 e. The second kappa shape index (κ2) is 5.97. The predicted molar refractivity (Wildman–Crippen MR) is 106 cm³/mol. The monoisotopic (exact) mass is 346 g/mol. The maximum absolute atomic E-state index is 12.7. The van der Waals surface area contributed by atoms with Crippen LogP contribution in [0.1, 0.15) is 26.4 Å². The summed E-state index contributed by atoms with van der Waals surface area (Å²) in [7, 11) is 0. The number of nitrogens with zero attached hydrogens (tertiary/aromatic N) is 1. The Morgan fingerprint density at radius 2 is 1.68 bits per heavy atom. The topological polar surface area (TPSA) is 42.0 Å². The normalized spacial score (nSPS) is 11.2. The first-order chi connectivity index (χ1) is 12.0. The van der Waals surface area contributed by atoms with Gasteiger partial charge in [0.2, 0.25) is 0 Å². The van der Waals surface area contributed by atoms with E-state index in [1.807, 2.05) is 44.2 Å². The molecule has 0 saturated carbocycles. The lowest BCUT2D eigenvalue weighted by molar-refractivity contribution is 0.103. The number of nitrogens with one attached hydrogen (secondary N) is 1. The molecule has 0 fully saturated rings. The molecule has 3 nitrogen and oxygen atoms in total. The van der Waals surface area contributed by atoms with E-state index in [9.17, 15) is 4.79 Å². The highest BCUT2D eigenvalue weighted by molar-refractivity contribution is 7.20. The summed E-state index contributed by atoms with van der Waals surface area (Å²) in [4.78, 5) is 19.0. The van der Waals surface area contributed by atoms with E-state index in [4.69, 9.17) is 0 Å². The maximum atomic E-state index is 12.7. The molecule has 0 spiro atoms. The Balaban J connectivity index is 1.72. The highest BCUT2D eigenvalue weighted by atomic mass is 32.1. The van der Waals surface area contributed by atoms with Crippen molar-refractivity contribution in [2.45, 2.75) is 20.8 Å². The van der Waals surface area contributed by atoms with E-state index in [0.29, 0.717) is 4.88 Å². The average molecular weight is 346 g/mol. The lowest BCUT2D eigenvalue weighted by atomic mass is 10.1. The maximum Gasteiger partial charge on any atom is 0.265 e. The number of aryl methyl sites for hydroxylation is 3. The van der Waals surface area contributed by atoms with Gasteiger partial charge in [0.25, 0.3) is 5.91 Å². The summed E-state index contributed by atoms with van der Waals surface area (Å²) < 4.78 is 0. The molecule has 4 aromatic rings. The van der Waals surface area contributed by atoms with E-state index < -0.39 is 0 Å². The number of anilines is 1. The fourth-order valence-electron chi connectivity index (χ4n) is 3.24.